The smallest absolute Gasteiger partial charge is 0.273 e. The fourth-order valence-corrected chi connectivity index (χ4v) is 1.81. The summed E-state index contributed by atoms with van der Waals surface area (Å²) in [7, 11) is 1.23. The van der Waals surface area contributed by atoms with Crippen molar-refractivity contribution in [1.29, 1.82) is 0 Å². The van der Waals surface area contributed by atoms with Gasteiger partial charge in [0, 0.05) is 6.07 Å². The van der Waals surface area contributed by atoms with E-state index in [1.807, 2.05) is 0 Å². The van der Waals surface area contributed by atoms with Crippen LogP contribution in [0.25, 0.3) is 6.08 Å². The zero-order valence-corrected chi connectivity index (χ0v) is 10.9. The lowest BCUT2D eigenvalue weighted by Crippen LogP contribution is -2.21. The summed E-state index contributed by atoms with van der Waals surface area (Å²) in [5.41, 5.74) is -0.317. The first-order valence-corrected chi connectivity index (χ1v) is 5.70. The lowest BCUT2D eigenvalue weighted by molar-refractivity contribution is -0.385. The van der Waals surface area contributed by atoms with Gasteiger partial charge in [-0.2, -0.15) is 0 Å². The van der Waals surface area contributed by atoms with Gasteiger partial charge >= 0.3 is 0 Å². The van der Waals surface area contributed by atoms with Crippen LogP contribution in [0.4, 0.5) is 5.69 Å². The molecule has 0 radical (unpaired) electrons. The van der Waals surface area contributed by atoms with Crippen molar-refractivity contribution in [2.45, 2.75) is 0 Å². The van der Waals surface area contributed by atoms with Crippen LogP contribution in [0.3, 0.4) is 0 Å². The van der Waals surface area contributed by atoms with Gasteiger partial charge in [0.25, 0.3) is 11.6 Å². The van der Waals surface area contributed by atoms with E-state index in [9.17, 15) is 20.0 Å². The minimum absolute atomic E-state index is 0.0367. The number of benzene rings is 1. The van der Waals surface area contributed by atoms with Crippen molar-refractivity contribution in [2.24, 2.45) is 0 Å². The van der Waals surface area contributed by atoms with E-state index in [2.05, 4.69) is 10.6 Å². The highest BCUT2D eigenvalue weighted by molar-refractivity contribution is 7.80. The molecule has 0 spiro atoms. The Kier molecular flexibility index (Phi) is 3.53. The SMILES string of the molecule is COc1cc([N+](=O)[O-])cc(/C=C2\NC(=S)NC2=O)c1[O-]. The summed E-state index contributed by atoms with van der Waals surface area (Å²) in [5.74, 6) is -1.25. The molecule has 0 atom stereocenters. The molecule has 0 unspecified atom stereocenters. The largest absolute Gasteiger partial charge is 0.870 e. The number of nitrogens with one attached hydrogen (secondary N) is 2. The molecule has 0 saturated carbocycles. The van der Waals surface area contributed by atoms with Crippen LogP contribution in [0.15, 0.2) is 17.8 Å². The predicted molar refractivity (Wildman–Crippen MR) is 70.9 cm³/mol. The molecule has 1 aromatic rings. The Morgan fingerprint density at radius 3 is 2.60 bits per heavy atom. The van der Waals surface area contributed by atoms with E-state index in [-0.39, 0.29) is 27.8 Å². The zero-order chi connectivity index (χ0) is 14.9. The number of carbonyl (C=O) groups excluding carboxylic acids is 1. The number of hydrogen-bond donors (Lipinski definition) is 2. The van der Waals surface area contributed by atoms with E-state index in [0.29, 0.717) is 0 Å². The normalized spacial score (nSPS) is 15.9. The third kappa shape index (κ3) is 2.52. The molecule has 1 aliphatic rings. The standard InChI is InChI=1S/C11H9N3O5S/c1-19-8-4-6(14(17)18)2-5(9(8)15)3-7-10(16)13-11(20)12-7/h2-4,15H,1H3,(H2,12,13,16,20)/p-1/b7-3-. The minimum Gasteiger partial charge on any atom is -0.870 e. The van der Waals surface area contributed by atoms with Gasteiger partial charge in [-0.25, -0.2) is 0 Å². The van der Waals surface area contributed by atoms with Crippen LogP contribution >= 0.6 is 12.2 Å². The monoisotopic (exact) mass is 294 g/mol. The van der Waals surface area contributed by atoms with Crippen molar-refractivity contribution >= 4 is 35.0 Å². The zero-order valence-electron chi connectivity index (χ0n) is 10.1. The van der Waals surface area contributed by atoms with Crippen molar-refractivity contribution in [3.8, 4) is 11.5 Å². The molecular weight excluding hydrogens is 286 g/mol. The number of hydrogen-bond acceptors (Lipinski definition) is 6. The van der Waals surface area contributed by atoms with Crippen molar-refractivity contribution in [2.75, 3.05) is 7.11 Å². The third-order valence-electron chi connectivity index (χ3n) is 2.52. The molecule has 1 aliphatic heterocycles. The van der Waals surface area contributed by atoms with E-state index in [0.717, 1.165) is 12.1 Å². The number of rotatable bonds is 3. The summed E-state index contributed by atoms with van der Waals surface area (Å²) in [6, 6.07) is 2.09. The van der Waals surface area contributed by atoms with Gasteiger partial charge < -0.3 is 15.2 Å². The van der Waals surface area contributed by atoms with E-state index in [1.165, 1.54) is 13.2 Å². The Morgan fingerprint density at radius 1 is 1.40 bits per heavy atom. The number of nitro benzene ring substituents is 1. The number of nitrogens with zero attached hydrogens (tertiary/aromatic N) is 1. The van der Waals surface area contributed by atoms with Gasteiger partial charge in [-0.3, -0.25) is 20.2 Å². The predicted octanol–water partition coefficient (Wildman–Crippen LogP) is 0.0222. The molecule has 0 bridgehead atoms. The lowest BCUT2D eigenvalue weighted by atomic mass is 10.1. The summed E-state index contributed by atoms with van der Waals surface area (Å²) < 4.78 is 4.80. The van der Waals surface area contributed by atoms with Gasteiger partial charge in [0.05, 0.1) is 18.1 Å². The van der Waals surface area contributed by atoms with Crippen LogP contribution in [-0.2, 0) is 4.79 Å². The second-order valence-electron chi connectivity index (χ2n) is 3.79. The average molecular weight is 294 g/mol. The van der Waals surface area contributed by atoms with Gasteiger partial charge in [-0.1, -0.05) is 5.75 Å². The summed E-state index contributed by atoms with van der Waals surface area (Å²) in [4.78, 5) is 21.6. The maximum atomic E-state index is 12.0. The van der Waals surface area contributed by atoms with E-state index in [1.54, 1.807) is 0 Å². The van der Waals surface area contributed by atoms with Crippen LogP contribution in [-0.4, -0.2) is 23.1 Å². The molecule has 1 fully saturated rings. The number of nitro groups is 1. The van der Waals surface area contributed by atoms with E-state index >= 15 is 0 Å². The van der Waals surface area contributed by atoms with Crippen molar-refractivity contribution in [1.82, 2.24) is 10.6 Å². The van der Waals surface area contributed by atoms with Gasteiger partial charge in [0.2, 0.25) is 0 Å². The minimum atomic E-state index is -0.656. The molecule has 20 heavy (non-hydrogen) atoms. The fraction of sp³-hybridized carbons (Fsp3) is 0.0909. The Labute approximate surface area is 118 Å². The summed E-state index contributed by atoms with van der Waals surface area (Å²) in [6.45, 7) is 0. The molecule has 2 N–H and O–H groups in total. The maximum absolute atomic E-state index is 12.0. The van der Waals surface area contributed by atoms with Crippen molar-refractivity contribution in [3.05, 3.63) is 33.5 Å². The van der Waals surface area contributed by atoms with Crippen LogP contribution in [0.1, 0.15) is 5.56 Å². The molecule has 8 nitrogen and oxygen atoms in total. The Morgan fingerprint density at radius 2 is 2.10 bits per heavy atom. The highest BCUT2D eigenvalue weighted by Crippen LogP contribution is 2.33. The Balaban J connectivity index is 2.53. The molecule has 9 heteroatoms. The number of amides is 1. The highest BCUT2D eigenvalue weighted by atomic mass is 32.1. The Bertz CT molecular complexity index is 656. The van der Waals surface area contributed by atoms with Crippen LogP contribution in [0, 0.1) is 10.1 Å². The van der Waals surface area contributed by atoms with Crippen molar-refractivity contribution < 1.29 is 19.6 Å². The highest BCUT2D eigenvalue weighted by Gasteiger charge is 2.21. The third-order valence-corrected chi connectivity index (χ3v) is 2.72. The lowest BCUT2D eigenvalue weighted by Gasteiger charge is -2.15. The second kappa shape index (κ2) is 5.13. The number of carbonyl (C=O) groups is 1. The fourth-order valence-electron chi connectivity index (χ4n) is 1.61. The Hall–Kier alpha value is -2.68. The molecule has 0 aromatic heterocycles. The molecule has 0 aliphatic carbocycles. The first-order valence-electron chi connectivity index (χ1n) is 5.30. The molecule has 1 amide bonds. The molecule has 1 aromatic carbocycles. The number of methoxy groups -OCH3 is 1. The summed E-state index contributed by atoms with van der Waals surface area (Å²) in [6.07, 6.45) is 1.19. The molecular formula is C11H8N3O5S-. The van der Waals surface area contributed by atoms with Gasteiger partial charge in [-0.15, -0.1) is 0 Å². The van der Waals surface area contributed by atoms with Crippen LogP contribution in [0.5, 0.6) is 11.5 Å². The van der Waals surface area contributed by atoms with Crippen molar-refractivity contribution in [3.63, 3.8) is 0 Å². The molecule has 104 valence electrons. The summed E-state index contributed by atoms with van der Waals surface area (Å²) in [5, 5.41) is 27.7. The topological polar surface area (TPSA) is 117 Å². The van der Waals surface area contributed by atoms with Gasteiger partial charge in [0.1, 0.15) is 11.4 Å². The molecule has 2 rings (SSSR count). The molecule has 1 saturated heterocycles. The van der Waals surface area contributed by atoms with Gasteiger partial charge in [-0.05, 0) is 23.9 Å². The first-order chi connectivity index (χ1) is 9.42. The van der Waals surface area contributed by atoms with Gasteiger partial charge in [0.15, 0.2) is 5.11 Å². The van der Waals surface area contributed by atoms with E-state index in [4.69, 9.17) is 17.0 Å². The quantitative estimate of drug-likeness (QED) is 0.349. The maximum Gasteiger partial charge on any atom is 0.273 e. The summed E-state index contributed by atoms with van der Waals surface area (Å²) >= 11 is 4.74. The molecule has 1 heterocycles. The van der Waals surface area contributed by atoms with Crippen LogP contribution in [0.2, 0.25) is 0 Å². The number of thiocarbonyl (C=S) groups is 1. The van der Waals surface area contributed by atoms with E-state index < -0.39 is 16.6 Å². The number of ether oxygens (including phenoxy) is 1. The van der Waals surface area contributed by atoms with Crippen LogP contribution < -0.4 is 20.5 Å². The number of non-ortho nitro benzene ring substituents is 1. The second-order valence-corrected chi connectivity index (χ2v) is 4.20. The average Bonchev–Trinajstić information content (AvgIpc) is 2.70. The first kappa shape index (κ1) is 13.7.